The molecule has 0 aliphatic carbocycles. The average molecular weight is 996 g/mol. The number of para-hydroxylation sites is 1. The van der Waals surface area contributed by atoms with Crippen LogP contribution in [0.2, 0.25) is 0 Å². The number of halogens is 1. The molecule has 0 saturated heterocycles. The van der Waals surface area contributed by atoms with Crippen molar-refractivity contribution >= 4 is 17.2 Å². The van der Waals surface area contributed by atoms with Crippen LogP contribution in [0.4, 0.5) is 21.6 Å². The minimum atomic E-state index is -0.310. The van der Waals surface area contributed by atoms with Crippen molar-refractivity contribution < 1.29 is 30.6 Å². The topological polar surface area (TPSA) is 49.2 Å². The first-order valence-electron chi connectivity index (χ1n) is 20.9. The van der Waals surface area contributed by atoms with Crippen LogP contribution < -0.4 is 4.90 Å². The van der Waals surface area contributed by atoms with Crippen molar-refractivity contribution in [3.05, 3.63) is 204 Å². The predicted molar refractivity (Wildman–Crippen MR) is 250 cm³/mol. The minimum absolute atomic E-state index is 0. The number of nitrogens with zero attached hydrogens (tertiary/aromatic N) is 3. The van der Waals surface area contributed by atoms with E-state index in [9.17, 15) is 9.50 Å². The summed E-state index contributed by atoms with van der Waals surface area (Å²) >= 11 is 0. The van der Waals surface area contributed by atoms with E-state index in [0.717, 1.165) is 67.3 Å². The second kappa shape index (κ2) is 18.1. The zero-order valence-corrected chi connectivity index (χ0v) is 38.5. The molecule has 0 amide bonds. The number of pyridine rings is 2. The van der Waals surface area contributed by atoms with E-state index in [0.29, 0.717) is 17.0 Å². The van der Waals surface area contributed by atoms with Gasteiger partial charge in [0.15, 0.2) is 0 Å². The van der Waals surface area contributed by atoms with Crippen LogP contribution in [0.25, 0.3) is 44.8 Å². The number of hydrogen-bond donors (Lipinski definition) is 1. The van der Waals surface area contributed by atoms with Gasteiger partial charge >= 0.3 is 0 Å². The molecule has 4 nitrogen and oxygen atoms in total. The molecule has 0 spiro atoms. The summed E-state index contributed by atoms with van der Waals surface area (Å²) in [7, 11) is 0. The molecule has 8 rings (SSSR count). The van der Waals surface area contributed by atoms with Gasteiger partial charge in [-0.25, -0.2) is 9.37 Å². The van der Waals surface area contributed by atoms with E-state index < -0.39 is 0 Å². The summed E-state index contributed by atoms with van der Waals surface area (Å²) in [5.41, 5.74) is 12.2. The van der Waals surface area contributed by atoms with Crippen molar-refractivity contribution in [3.63, 3.8) is 0 Å². The van der Waals surface area contributed by atoms with Gasteiger partial charge in [0, 0.05) is 50.0 Å². The zero-order valence-electron chi connectivity index (χ0n) is 36.2. The SMILES string of the molecule is CC(c1ccc(F)cc1)c1ccnc(N(c2[c-]c(-c3cc(-c4ccccc4)cc(-c4cc(C(C)(C)C)cc(C(C)(C)C)c4O)n3)cc(-c3ccccc3)c2)c2ccccc2)c1.[Pt]. The van der Waals surface area contributed by atoms with Crippen molar-refractivity contribution in [3.8, 4) is 50.5 Å². The third-order valence-corrected chi connectivity index (χ3v) is 11.4. The van der Waals surface area contributed by atoms with Gasteiger partial charge in [0.1, 0.15) is 17.4 Å². The molecular formula is C56H51FN3OPt-. The molecule has 314 valence electrons. The Hall–Kier alpha value is -6.16. The summed E-state index contributed by atoms with van der Waals surface area (Å²) in [6.07, 6.45) is 1.84. The number of phenols is 1. The third-order valence-electron chi connectivity index (χ3n) is 11.4. The van der Waals surface area contributed by atoms with Crippen molar-refractivity contribution in [1.29, 1.82) is 0 Å². The van der Waals surface area contributed by atoms with Crippen LogP contribution in [0, 0.1) is 11.9 Å². The van der Waals surface area contributed by atoms with E-state index in [1.54, 1.807) is 0 Å². The van der Waals surface area contributed by atoms with Crippen molar-refractivity contribution in [2.24, 2.45) is 0 Å². The van der Waals surface area contributed by atoms with Gasteiger partial charge in [-0.1, -0.05) is 157 Å². The molecule has 0 fully saturated rings. The van der Waals surface area contributed by atoms with E-state index in [2.05, 4.69) is 138 Å². The fraction of sp³-hybridized carbons (Fsp3) is 0.179. The van der Waals surface area contributed by atoms with Gasteiger partial charge < -0.3 is 10.0 Å². The number of aromatic nitrogens is 2. The number of phenolic OH excluding ortho intramolecular Hbond substituents is 1. The van der Waals surface area contributed by atoms with E-state index in [1.807, 2.05) is 79.0 Å². The van der Waals surface area contributed by atoms with Gasteiger partial charge in [-0.05, 0) is 104 Å². The monoisotopic (exact) mass is 995 g/mol. The van der Waals surface area contributed by atoms with Crippen LogP contribution in [-0.2, 0) is 31.9 Å². The molecule has 1 N–H and O–H groups in total. The predicted octanol–water partition coefficient (Wildman–Crippen LogP) is 15.0. The first-order chi connectivity index (χ1) is 29.2. The molecule has 6 aromatic carbocycles. The molecule has 1 atom stereocenters. The van der Waals surface area contributed by atoms with Gasteiger partial charge in [0.25, 0.3) is 0 Å². The fourth-order valence-corrected chi connectivity index (χ4v) is 7.79. The Morgan fingerprint density at radius 1 is 0.597 bits per heavy atom. The van der Waals surface area contributed by atoms with Gasteiger partial charge in [0.2, 0.25) is 0 Å². The van der Waals surface area contributed by atoms with E-state index >= 15 is 0 Å². The Morgan fingerprint density at radius 2 is 1.18 bits per heavy atom. The molecule has 2 heterocycles. The summed E-state index contributed by atoms with van der Waals surface area (Å²) in [4.78, 5) is 12.5. The molecule has 62 heavy (non-hydrogen) atoms. The normalized spacial score (nSPS) is 12.1. The summed E-state index contributed by atoms with van der Waals surface area (Å²) in [6, 6.07) is 58.3. The first kappa shape index (κ1) is 43.9. The summed E-state index contributed by atoms with van der Waals surface area (Å²) in [6.45, 7) is 15.1. The van der Waals surface area contributed by atoms with Crippen molar-refractivity contribution in [2.75, 3.05) is 4.90 Å². The number of benzene rings is 6. The molecule has 6 heteroatoms. The van der Waals surface area contributed by atoms with Crippen molar-refractivity contribution in [2.45, 2.75) is 65.2 Å². The Labute approximate surface area is 380 Å². The van der Waals surface area contributed by atoms with Crippen LogP contribution in [0.5, 0.6) is 5.75 Å². The van der Waals surface area contributed by atoms with Crippen LogP contribution in [0.3, 0.4) is 0 Å². The van der Waals surface area contributed by atoms with E-state index in [1.165, 1.54) is 12.1 Å². The third kappa shape index (κ3) is 9.49. The number of aromatic hydroxyl groups is 1. The van der Waals surface area contributed by atoms with Crippen LogP contribution in [0.1, 0.15) is 76.6 Å². The Balaban J connectivity index is 0.00000578. The number of anilines is 3. The Morgan fingerprint density at radius 3 is 1.77 bits per heavy atom. The molecule has 0 aliphatic heterocycles. The molecule has 2 aromatic heterocycles. The average Bonchev–Trinajstić information content (AvgIpc) is 3.26. The Bertz CT molecular complexity index is 2800. The molecule has 1 unspecified atom stereocenters. The molecule has 0 saturated carbocycles. The van der Waals surface area contributed by atoms with Gasteiger partial charge in [0.05, 0.1) is 5.69 Å². The standard InChI is InChI=1S/C56H51FN3O.Pt/c1-37(38-23-25-46(57)26-24-38)41-27-28-58-53(34-41)60(47-21-15-10-16-22-47)48-30-42(39-17-11-8-12-18-39)29-44(31-48)51-32-43(40-19-13-9-14-20-40)33-52(59-51)49-35-45(55(2,3)4)36-50(54(49)61)56(5,6)7;/h8-30,32-37,61H,1-7H3;/q-1;. The second-order valence-electron chi connectivity index (χ2n) is 17.8. The fourth-order valence-electron chi connectivity index (χ4n) is 7.79. The molecule has 0 bridgehead atoms. The summed E-state index contributed by atoms with van der Waals surface area (Å²) in [5.74, 6) is 0.691. The molecule has 8 aromatic rings. The second-order valence-corrected chi connectivity index (χ2v) is 17.8. The Kier molecular flexibility index (Phi) is 12.8. The maximum atomic E-state index is 13.9. The zero-order chi connectivity index (χ0) is 42.9. The number of hydrogen-bond acceptors (Lipinski definition) is 4. The van der Waals surface area contributed by atoms with Crippen LogP contribution >= 0.6 is 0 Å². The molecule has 0 radical (unpaired) electrons. The minimum Gasteiger partial charge on any atom is -0.507 e. The largest absolute Gasteiger partial charge is 0.507 e. The molecule has 0 aliphatic rings. The van der Waals surface area contributed by atoms with E-state index in [4.69, 9.17) is 9.97 Å². The number of rotatable bonds is 9. The maximum Gasteiger partial charge on any atom is 0.136 e. The first-order valence-corrected chi connectivity index (χ1v) is 20.9. The smallest absolute Gasteiger partial charge is 0.136 e. The maximum absolute atomic E-state index is 13.9. The van der Waals surface area contributed by atoms with Crippen molar-refractivity contribution in [1.82, 2.24) is 9.97 Å². The summed E-state index contributed by atoms with van der Waals surface area (Å²) < 4.78 is 13.9. The van der Waals surface area contributed by atoms with Gasteiger partial charge in [-0.15, -0.1) is 23.8 Å². The van der Waals surface area contributed by atoms with Crippen LogP contribution in [-0.4, -0.2) is 15.1 Å². The van der Waals surface area contributed by atoms with Crippen LogP contribution in [0.15, 0.2) is 170 Å². The summed E-state index contributed by atoms with van der Waals surface area (Å²) in [5, 5.41) is 12.1. The van der Waals surface area contributed by atoms with E-state index in [-0.39, 0.29) is 49.4 Å². The quantitative estimate of drug-likeness (QED) is 0.146. The van der Waals surface area contributed by atoms with Gasteiger partial charge in [-0.2, -0.15) is 0 Å². The van der Waals surface area contributed by atoms with Gasteiger partial charge in [-0.3, -0.25) is 4.98 Å². The molecular weight excluding hydrogens is 945 g/mol.